The van der Waals surface area contributed by atoms with Crippen molar-refractivity contribution >= 4 is 45.2 Å². The maximum absolute atomic E-state index is 13.3. The van der Waals surface area contributed by atoms with Gasteiger partial charge in [0, 0.05) is 23.0 Å². The van der Waals surface area contributed by atoms with Crippen LogP contribution >= 0.6 is 0 Å². The highest BCUT2D eigenvalue weighted by Gasteiger charge is 2.94. The number of H-pyrrole nitrogens is 2. The number of nitrogens with one attached hydrogen (secondary N) is 2. The summed E-state index contributed by atoms with van der Waals surface area (Å²) in [5.74, 6) is 3.59. The second-order valence-electron chi connectivity index (χ2n) is 19.2. The molecule has 286 valence electrons. The van der Waals surface area contributed by atoms with Gasteiger partial charge in [0.25, 0.3) is 0 Å². The predicted octanol–water partition coefficient (Wildman–Crippen LogP) is 9.56. The summed E-state index contributed by atoms with van der Waals surface area (Å²) in [4.78, 5) is 52.6. The first-order valence-corrected chi connectivity index (χ1v) is 20.0. The fraction of sp³-hybridized carbons (Fsp3) is 0.444. The van der Waals surface area contributed by atoms with E-state index in [-0.39, 0.29) is 41.8 Å². The van der Waals surface area contributed by atoms with Crippen LogP contribution in [0.1, 0.15) is 85.5 Å². The number of nitrogens with zero attached hydrogens (tertiary/aromatic N) is 5. The lowest BCUT2D eigenvalue weighted by Gasteiger charge is -2.30. The van der Waals surface area contributed by atoms with Crippen LogP contribution in [0.15, 0.2) is 66.7 Å². The highest BCUT2D eigenvalue weighted by atomic mass is 16.6. The Labute approximate surface area is 325 Å². The number of carbonyl (C=O) groups excluding carboxylic acids is 2. The molecular formula is C45H47N7O4. The molecule has 2 amide bonds. The van der Waals surface area contributed by atoms with E-state index < -0.39 is 11.2 Å². The van der Waals surface area contributed by atoms with Gasteiger partial charge in [0.05, 0.1) is 45.4 Å². The topological polar surface area (TPSA) is 129 Å². The van der Waals surface area contributed by atoms with Gasteiger partial charge in [0.2, 0.25) is 0 Å². The lowest BCUT2D eigenvalue weighted by Crippen LogP contribution is -2.39. The van der Waals surface area contributed by atoms with E-state index in [1.807, 2.05) is 57.4 Å². The zero-order valence-corrected chi connectivity index (χ0v) is 33.0. The Morgan fingerprint density at radius 1 is 0.714 bits per heavy atom. The number of benzene rings is 3. The van der Waals surface area contributed by atoms with Gasteiger partial charge in [-0.25, -0.2) is 24.5 Å². The van der Waals surface area contributed by atoms with Crippen LogP contribution in [0, 0.1) is 29.1 Å². The first-order valence-electron chi connectivity index (χ1n) is 20.0. The molecule has 1 unspecified atom stereocenters. The number of pyridine rings is 1. The predicted molar refractivity (Wildman–Crippen MR) is 213 cm³/mol. The van der Waals surface area contributed by atoms with Gasteiger partial charge in [-0.3, -0.25) is 9.80 Å². The van der Waals surface area contributed by atoms with E-state index in [1.54, 1.807) is 0 Å². The molecule has 3 aromatic carbocycles. The van der Waals surface area contributed by atoms with Gasteiger partial charge in [-0.05, 0) is 131 Å². The summed E-state index contributed by atoms with van der Waals surface area (Å²) in [6.07, 6.45) is 0.377. The highest BCUT2D eigenvalue weighted by Crippen LogP contribution is 2.90. The van der Waals surface area contributed by atoms with E-state index in [1.165, 1.54) is 0 Å². The molecular weight excluding hydrogens is 703 g/mol. The van der Waals surface area contributed by atoms with Gasteiger partial charge in [-0.2, -0.15) is 0 Å². The molecule has 2 N–H and O–H groups in total. The minimum absolute atomic E-state index is 0.0890. The van der Waals surface area contributed by atoms with E-state index in [2.05, 4.69) is 84.5 Å². The molecule has 3 aliphatic heterocycles. The summed E-state index contributed by atoms with van der Waals surface area (Å²) in [5, 5.41) is 1.05. The summed E-state index contributed by atoms with van der Waals surface area (Å²) in [5.41, 5.74) is 7.66. The van der Waals surface area contributed by atoms with Crippen LogP contribution in [0.3, 0.4) is 0 Å². The molecule has 6 fully saturated rings. The third kappa shape index (κ3) is 4.97. The van der Waals surface area contributed by atoms with E-state index >= 15 is 0 Å². The van der Waals surface area contributed by atoms with Crippen molar-refractivity contribution in [3.63, 3.8) is 0 Å². The van der Waals surface area contributed by atoms with Crippen molar-refractivity contribution in [3.05, 3.63) is 78.4 Å². The number of aromatic amines is 2. The zero-order valence-electron chi connectivity index (χ0n) is 33.0. The maximum atomic E-state index is 13.3. The summed E-state index contributed by atoms with van der Waals surface area (Å²) in [6, 6.07) is 23.3. The molecule has 12 rings (SSSR count). The minimum Gasteiger partial charge on any atom is -0.444 e. The van der Waals surface area contributed by atoms with E-state index in [0.717, 1.165) is 73.4 Å². The van der Waals surface area contributed by atoms with Crippen molar-refractivity contribution < 1.29 is 19.1 Å². The van der Waals surface area contributed by atoms with E-state index in [9.17, 15) is 9.59 Å². The Morgan fingerprint density at radius 2 is 1.29 bits per heavy atom. The van der Waals surface area contributed by atoms with E-state index in [0.29, 0.717) is 23.7 Å². The number of aromatic nitrogens is 5. The van der Waals surface area contributed by atoms with Crippen molar-refractivity contribution in [3.8, 4) is 22.4 Å². The van der Waals surface area contributed by atoms with Crippen LogP contribution in [0.2, 0.25) is 0 Å². The Hall–Kier alpha value is -5.45. The van der Waals surface area contributed by atoms with Crippen molar-refractivity contribution in [2.75, 3.05) is 0 Å². The molecule has 3 aliphatic carbocycles. The number of amides is 2. The average molecular weight is 750 g/mol. The van der Waals surface area contributed by atoms with Gasteiger partial charge in [-0.15, -0.1) is 0 Å². The molecule has 3 saturated heterocycles. The molecule has 9 atom stereocenters. The number of imidazole rings is 2. The molecule has 0 radical (unpaired) electrons. The summed E-state index contributed by atoms with van der Waals surface area (Å²) < 4.78 is 11.7. The number of rotatable bonds is 4. The van der Waals surface area contributed by atoms with Crippen LogP contribution < -0.4 is 0 Å². The van der Waals surface area contributed by atoms with Gasteiger partial charge in [0.1, 0.15) is 22.9 Å². The van der Waals surface area contributed by atoms with Crippen molar-refractivity contribution in [2.45, 2.75) is 97.2 Å². The second kappa shape index (κ2) is 10.9. The Bertz CT molecular complexity index is 2670. The molecule has 11 heteroatoms. The number of hydrogen-bond acceptors (Lipinski definition) is 7. The molecule has 3 saturated carbocycles. The number of piperidine rings is 2. The molecule has 3 aromatic heterocycles. The molecule has 6 aliphatic rings. The summed E-state index contributed by atoms with van der Waals surface area (Å²) in [6.45, 7) is 16.0. The zero-order chi connectivity index (χ0) is 38.8. The Morgan fingerprint density at radius 3 is 1.96 bits per heavy atom. The first-order chi connectivity index (χ1) is 26.6. The van der Waals surface area contributed by atoms with Crippen LogP contribution in [0.25, 0.3) is 55.4 Å². The number of hydrogen-bond donors (Lipinski definition) is 2. The number of ether oxygens (including phenoxy) is 2. The van der Waals surface area contributed by atoms with Crippen molar-refractivity contribution in [1.29, 1.82) is 0 Å². The van der Waals surface area contributed by atoms with Gasteiger partial charge < -0.3 is 19.4 Å². The average Bonchev–Trinajstić information content (AvgIpc) is 3.73. The quantitative estimate of drug-likeness (QED) is 0.184. The van der Waals surface area contributed by atoms with Crippen LogP contribution in [0.5, 0.6) is 0 Å². The normalized spacial score (nSPS) is 29.9. The van der Waals surface area contributed by atoms with Gasteiger partial charge in [-0.1, -0.05) is 38.1 Å². The first kappa shape index (κ1) is 33.9. The monoisotopic (exact) mass is 749 g/mol. The van der Waals surface area contributed by atoms with Crippen molar-refractivity contribution in [2.24, 2.45) is 29.1 Å². The standard InChI is InChI=1S/C45H47N7O4/c1-21-26-20-33(51(36(21)26)41(53)55-43(2,3)4)39-47-29-16-12-25(19-32(29)49-39)28-14-11-24-17-22(9-13-27(24)46-28)23-10-15-30-31(18-23)50-40(48-30)37-34-35-38(45(34,35)8)52(37)42(54)56-44(5,6)7/h9-19,21,26,33-38H,20H2,1-8H3,(H,47,49)(H,48,50)/t21-,26+,33+,34?,35-,36-,37+,38+,45-/m1/s1. The molecule has 6 heterocycles. The molecule has 6 aromatic rings. The van der Waals surface area contributed by atoms with Crippen molar-refractivity contribution in [1.82, 2.24) is 34.7 Å². The van der Waals surface area contributed by atoms with Gasteiger partial charge in [0.15, 0.2) is 0 Å². The van der Waals surface area contributed by atoms with Crippen LogP contribution in [-0.4, -0.2) is 70.2 Å². The van der Waals surface area contributed by atoms with Gasteiger partial charge >= 0.3 is 12.2 Å². The highest BCUT2D eigenvalue weighted by molar-refractivity contribution is 5.90. The third-order valence-electron chi connectivity index (χ3n) is 13.3. The molecule has 56 heavy (non-hydrogen) atoms. The Kier molecular flexibility index (Phi) is 6.58. The van der Waals surface area contributed by atoms with Crippen LogP contribution in [-0.2, 0) is 9.47 Å². The lowest BCUT2D eigenvalue weighted by molar-refractivity contribution is 0.0157. The smallest absolute Gasteiger partial charge is 0.411 e. The molecule has 0 spiro atoms. The molecule has 2 bridgehead atoms. The summed E-state index contributed by atoms with van der Waals surface area (Å²) >= 11 is 0. The third-order valence-corrected chi connectivity index (χ3v) is 13.3. The number of likely N-dealkylation sites (tertiary alicyclic amines) is 1. The van der Waals surface area contributed by atoms with E-state index in [4.69, 9.17) is 24.4 Å². The summed E-state index contributed by atoms with van der Waals surface area (Å²) in [7, 11) is 0. The minimum atomic E-state index is -0.557. The SMILES string of the molecule is C[C@@H]1[C@@H]2C[C@@H](c3nc4ccc(-c5ccc6cc(-c7ccc8nc([C@@H]9C%10[C@@H]%11[C@H](N9C(=O)OC(C)(C)C)[C@]%10%11C)[nH]c8c7)ccc6n5)cc4[nH]3)N(C(=O)OC(C)(C)C)[C@H]12. The largest absolute Gasteiger partial charge is 0.444 e. The molecule has 11 nitrogen and oxygen atoms in total. The van der Waals surface area contributed by atoms with Crippen LogP contribution in [0.4, 0.5) is 9.59 Å². The lowest BCUT2D eigenvalue weighted by atomic mass is 10.0. The maximum Gasteiger partial charge on any atom is 0.411 e. The Balaban J connectivity index is 0.840. The second-order valence-corrected chi connectivity index (χ2v) is 19.2. The fourth-order valence-corrected chi connectivity index (χ4v) is 10.5. The fourth-order valence-electron chi connectivity index (χ4n) is 10.5. The number of fused-ring (bicyclic) bond motifs is 5. The number of carbonyl (C=O) groups is 2.